The summed E-state index contributed by atoms with van der Waals surface area (Å²) in [7, 11) is 0. The van der Waals surface area contributed by atoms with Crippen molar-refractivity contribution < 1.29 is 4.52 Å². The van der Waals surface area contributed by atoms with Crippen LogP contribution in [0.2, 0.25) is 0 Å². The zero-order chi connectivity index (χ0) is 11.0. The van der Waals surface area contributed by atoms with Crippen LogP contribution in [-0.4, -0.2) is 34.7 Å². The number of rotatable bonds is 4. The van der Waals surface area contributed by atoms with Gasteiger partial charge in [0.15, 0.2) is 5.82 Å². The van der Waals surface area contributed by atoms with E-state index in [4.69, 9.17) is 10.3 Å². The molecule has 2 fully saturated rings. The topological polar surface area (TPSA) is 68.2 Å². The summed E-state index contributed by atoms with van der Waals surface area (Å²) in [5, 5.41) is 4.03. The summed E-state index contributed by atoms with van der Waals surface area (Å²) in [6, 6.07) is 0. The van der Waals surface area contributed by atoms with Crippen molar-refractivity contribution >= 4 is 0 Å². The van der Waals surface area contributed by atoms with Gasteiger partial charge in [0.25, 0.3) is 0 Å². The van der Waals surface area contributed by atoms with Gasteiger partial charge in [-0.15, -0.1) is 0 Å². The average Bonchev–Trinajstić information content (AvgIpc) is 2.88. The lowest BCUT2D eigenvalue weighted by Gasteiger charge is -2.12. The highest BCUT2D eigenvalue weighted by molar-refractivity contribution is 5.01. The van der Waals surface area contributed by atoms with Crippen LogP contribution >= 0.6 is 0 Å². The molecule has 2 aliphatic rings. The van der Waals surface area contributed by atoms with E-state index >= 15 is 0 Å². The van der Waals surface area contributed by atoms with E-state index in [1.807, 2.05) is 0 Å². The van der Waals surface area contributed by atoms with E-state index in [1.54, 1.807) is 0 Å². The van der Waals surface area contributed by atoms with Gasteiger partial charge in [0.05, 0.1) is 6.54 Å². The molecule has 1 unspecified atom stereocenters. The first kappa shape index (κ1) is 10.2. The van der Waals surface area contributed by atoms with Crippen molar-refractivity contribution in [2.24, 2.45) is 11.7 Å². The van der Waals surface area contributed by atoms with E-state index in [9.17, 15) is 0 Å². The van der Waals surface area contributed by atoms with Gasteiger partial charge < -0.3 is 10.3 Å². The largest absolute Gasteiger partial charge is 0.339 e. The zero-order valence-corrected chi connectivity index (χ0v) is 9.43. The fraction of sp³-hybridized carbons (Fsp3) is 0.818. The minimum absolute atomic E-state index is 0.552. The molecule has 1 aromatic rings. The molecule has 2 N–H and O–H groups in total. The Bertz CT molecular complexity index is 361. The number of hydrogen-bond donors (Lipinski definition) is 1. The summed E-state index contributed by atoms with van der Waals surface area (Å²) in [5.74, 6) is 2.87. The summed E-state index contributed by atoms with van der Waals surface area (Å²) >= 11 is 0. The average molecular weight is 222 g/mol. The summed E-state index contributed by atoms with van der Waals surface area (Å²) in [4.78, 5) is 6.80. The molecule has 3 rings (SSSR count). The first-order chi connectivity index (χ1) is 7.85. The third-order valence-corrected chi connectivity index (χ3v) is 3.48. The van der Waals surface area contributed by atoms with E-state index in [0.29, 0.717) is 11.8 Å². The Morgan fingerprint density at radius 1 is 1.38 bits per heavy atom. The summed E-state index contributed by atoms with van der Waals surface area (Å²) in [6.07, 6.45) is 3.62. The van der Waals surface area contributed by atoms with Crippen LogP contribution in [0.4, 0.5) is 0 Å². The Morgan fingerprint density at radius 2 is 2.25 bits per heavy atom. The van der Waals surface area contributed by atoms with Gasteiger partial charge >= 0.3 is 0 Å². The number of nitrogens with zero attached hydrogens (tertiary/aromatic N) is 3. The Balaban J connectivity index is 1.57. The fourth-order valence-corrected chi connectivity index (χ4v) is 2.28. The molecule has 1 atom stereocenters. The monoisotopic (exact) mass is 222 g/mol. The van der Waals surface area contributed by atoms with Crippen molar-refractivity contribution in [3.63, 3.8) is 0 Å². The molecule has 5 heteroatoms. The predicted molar refractivity (Wildman–Crippen MR) is 58.7 cm³/mol. The van der Waals surface area contributed by atoms with Crippen LogP contribution < -0.4 is 5.73 Å². The molecule has 0 radical (unpaired) electrons. The minimum atomic E-state index is 0.552. The molecule has 1 saturated heterocycles. The summed E-state index contributed by atoms with van der Waals surface area (Å²) < 4.78 is 5.24. The standard InChI is InChI=1S/C11H18N4O/c12-5-8-3-4-15(6-8)7-10-13-11(16-14-10)9-1-2-9/h8-9H,1-7,12H2. The molecule has 1 aromatic heterocycles. The molecule has 0 amide bonds. The maximum Gasteiger partial charge on any atom is 0.229 e. The molecule has 5 nitrogen and oxygen atoms in total. The van der Waals surface area contributed by atoms with Crippen molar-refractivity contribution in [3.8, 4) is 0 Å². The van der Waals surface area contributed by atoms with Crippen molar-refractivity contribution in [3.05, 3.63) is 11.7 Å². The second-order valence-corrected chi connectivity index (χ2v) is 4.95. The van der Waals surface area contributed by atoms with Crippen LogP contribution in [0.1, 0.15) is 36.9 Å². The third-order valence-electron chi connectivity index (χ3n) is 3.48. The number of aromatic nitrogens is 2. The molecule has 2 heterocycles. The van der Waals surface area contributed by atoms with E-state index in [-0.39, 0.29) is 0 Å². The Kier molecular flexibility index (Phi) is 2.65. The molecule has 16 heavy (non-hydrogen) atoms. The zero-order valence-electron chi connectivity index (χ0n) is 9.43. The van der Waals surface area contributed by atoms with Gasteiger partial charge in [0, 0.05) is 12.5 Å². The Morgan fingerprint density at radius 3 is 2.94 bits per heavy atom. The van der Waals surface area contributed by atoms with Gasteiger partial charge in [-0.3, -0.25) is 4.90 Å². The lowest BCUT2D eigenvalue weighted by atomic mass is 10.1. The Hall–Kier alpha value is -0.940. The lowest BCUT2D eigenvalue weighted by Crippen LogP contribution is -2.23. The maximum atomic E-state index is 5.67. The molecule has 0 aromatic carbocycles. The second-order valence-electron chi connectivity index (χ2n) is 4.95. The molecular formula is C11H18N4O. The normalized spacial score (nSPS) is 26.4. The van der Waals surface area contributed by atoms with E-state index in [2.05, 4.69) is 15.0 Å². The molecule has 1 aliphatic carbocycles. The summed E-state index contributed by atoms with van der Waals surface area (Å²) in [6.45, 7) is 3.78. The highest BCUT2D eigenvalue weighted by atomic mass is 16.5. The van der Waals surface area contributed by atoms with Gasteiger partial charge in [0.1, 0.15) is 0 Å². The van der Waals surface area contributed by atoms with Crippen LogP contribution in [-0.2, 0) is 6.54 Å². The highest BCUT2D eigenvalue weighted by Gasteiger charge is 2.30. The number of hydrogen-bond acceptors (Lipinski definition) is 5. The fourth-order valence-electron chi connectivity index (χ4n) is 2.28. The van der Waals surface area contributed by atoms with Crippen molar-refractivity contribution in [1.29, 1.82) is 0 Å². The van der Waals surface area contributed by atoms with Crippen LogP contribution in [0.5, 0.6) is 0 Å². The molecule has 0 spiro atoms. The van der Waals surface area contributed by atoms with Crippen molar-refractivity contribution in [1.82, 2.24) is 15.0 Å². The van der Waals surface area contributed by atoms with Crippen molar-refractivity contribution in [2.45, 2.75) is 31.7 Å². The second kappa shape index (κ2) is 4.14. The van der Waals surface area contributed by atoms with Gasteiger partial charge in [0.2, 0.25) is 5.89 Å². The molecule has 0 bridgehead atoms. The SMILES string of the molecule is NCC1CCN(Cc2noc(C3CC3)n2)C1. The van der Waals surface area contributed by atoms with E-state index in [1.165, 1.54) is 19.3 Å². The third kappa shape index (κ3) is 2.10. The van der Waals surface area contributed by atoms with E-state index in [0.717, 1.165) is 37.9 Å². The number of likely N-dealkylation sites (tertiary alicyclic amines) is 1. The predicted octanol–water partition coefficient (Wildman–Crippen LogP) is 0.728. The molecular weight excluding hydrogens is 204 g/mol. The summed E-state index contributed by atoms with van der Waals surface area (Å²) in [5.41, 5.74) is 5.67. The Labute approximate surface area is 95.0 Å². The van der Waals surface area contributed by atoms with Crippen molar-refractivity contribution in [2.75, 3.05) is 19.6 Å². The minimum Gasteiger partial charge on any atom is -0.339 e. The van der Waals surface area contributed by atoms with Gasteiger partial charge in [-0.05, 0) is 38.3 Å². The van der Waals surface area contributed by atoms with Crippen LogP contribution in [0.25, 0.3) is 0 Å². The first-order valence-corrected chi connectivity index (χ1v) is 6.10. The van der Waals surface area contributed by atoms with Crippen LogP contribution in [0.3, 0.4) is 0 Å². The number of nitrogens with two attached hydrogens (primary N) is 1. The van der Waals surface area contributed by atoms with Gasteiger partial charge in [-0.1, -0.05) is 5.16 Å². The maximum absolute atomic E-state index is 5.67. The quantitative estimate of drug-likeness (QED) is 0.813. The lowest BCUT2D eigenvalue weighted by molar-refractivity contribution is 0.299. The van der Waals surface area contributed by atoms with Gasteiger partial charge in [-0.25, -0.2) is 0 Å². The first-order valence-electron chi connectivity index (χ1n) is 6.10. The van der Waals surface area contributed by atoms with Crippen LogP contribution in [0, 0.1) is 5.92 Å². The van der Waals surface area contributed by atoms with Crippen LogP contribution in [0.15, 0.2) is 4.52 Å². The molecule has 1 aliphatic heterocycles. The van der Waals surface area contributed by atoms with Gasteiger partial charge in [-0.2, -0.15) is 4.98 Å². The van der Waals surface area contributed by atoms with E-state index < -0.39 is 0 Å². The highest BCUT2D eigenvalue weighted by Crippen LogP contribution is 2.38. The molecule has 88 valence electrons. The molecule has 1 saturated carbocycles. The smallest absolute Gasteiger partial charge is 0.229 e.